The first kappa shape index (κ1) is 18.8. The van der Waals surface area contributed by atoms with Crippen LogP contribution in [-0.2, 0) is 11.4 Å². The minimum absolute atomic E-state index is 0.0542. The van der Waals surface area contributed by atoms with Gasteiger partial charge >= 0.3 is 5.97 Å². The van der Waals surface area contributed by atoms with Crippen molar-refractivity contribution in [3.63, 3.8) is 0 Å². The molecule has 0 spiro atoms. The molecule has 0 amide bonds. The Morgan fingerprint density at radius 2 is 1.72 bits per heavy atom. The molecular weight excluding hydrogens is 316 g/mol. The van der Waals surface area contributed by atoms with Crippen LogP contribution < -0.4 is 15.4 Å². The quantitative estimate of drug-likeness (QED) is 0.578. The van der Waals surface area contributed by atoms with Crippen molar-refractivity contribution in [2.24, 2.45) is 5.92 Å². The lowest BCUT2D eigenvalue weighted by Gasteiger charge is -2.18. The summed E-state index contributed by atoms with van der Waals surface area (Å²) in [6.07, 6.45) is 0. The van der Waals surface area contributed by atoms with E-state index in [1.165, 1.54) is 0 Å². The van der Waals surface area contributed by atoms with Crippen molar-refractivity contribution in [2.45, 2.75) is 26.5 Å². The number of benzene rings is 2. The van der Waals surface area contributed by atoms with Gasteiger partial charge in [0.2, 0.25) is 0 Å². The Labute approximate surface area is 149 Å². The summed E-state index contributed by atoms with van der Waals surface area (Å²) < 4.78 is 5.75. The molecule has 0 bridgehead atoms. The molecule has 2 rings (SSSR count). The molecule has 0 aliphatic rings. The topological polar surface area (TPSA) is 70.6 Å². The van der Waals surface area contributed by atoms with Gasteiger partial charge in [0.15, 0.2) is 0 Å². The van der Waals surface area contributed by atoms with Crippen molar-refractivity contribution in [1.82, 2.24) is 5.32 Å². The lowest BCUT2D eigenvalue weighted by molar-refractivity contribution is -0.140. The lowest BCUT2D eigenvalue weighted by Crippen LogP contribution is -2.42. The van der Waals surface area contributed by atoms with Gasteiger partial charge in [-0.1, -0.05) is 44.2 Å². The normalized spacial score (nSPS) is 12.0. The van der Waals surface area contributed by atoms with Crippen molar-refractivity contribution in [3.05, 3.63) is 60.2 Å². The monoisotopic (exact) mass is 342 g/mol. The second kappa shape index (κ2) is 9.69. The number of aliphatic carboxylic acids is 1. The van der Waals surface area contributed by atoms with E-state index in [1.54, 1.807) is 0 Å². The number of ether oxygens (including phenoxy) is 1. The highest BCUT2D eigenvalue weighted by atomic mass is 16.5. The van der Waals surface area contributed by atoms with Crippen LogP contribution in [0, 0.1) is 5.92 Å². The number of anilines is 1. The Balaban J connectivity index is 1.72. The van der Waals surface area contributed by atoms with Crippen molar-refractivity contribution in [3.8, 4) is 5.75 Å². The van der Waals surface area contributed by atoms with E-state index in [4.69, 9.17) is 9.84 Å². The predicted octanol–water partition coefficient (Wildman–Crippen LogP) is 3.38. The maximum Gasteiger partial charge on any atom is 0.320 e. The summed E-state index contributed by atoms with van der Waals surface area (Å²) in [4.78, 5) is 11.1. The highest BCUT2D eigenvalue weighted by Gasteiger charge is 2.19. The fourth-order valence-electron chi connectivity index (χ4n) is 2.45. The van der Waals surface area contributed by atoms with Crippen molar-refractivity contribution in [2.75, 3.05) is 18.4 Å². The largest absolute Gasteiger partial charge is 0.489 e. The summed E-state index contributed by atoms with van der Waals surface area (Å²) in [7, 11) is 0. The SMILES string of the molecule is CC(C)C(NCCNc1ccc(OCc2ccccc2)cc1)C(=O)O. The molecule has 2 aromatic carbocycles. The molecule has 5 heteroatoms. The molecule has 0 radical (unpaired) electrons. The first-order chi connectivity index (χ1) is 12.1. The van der Waals surface area contributed by atoms with Crippen molar-refractivity contribution >= 4 is 11.7 Å². The van der Waals surface area contributed by atoms with Crippen LogP contribution in [0.1, 0.15) is 19.4 Å². The number of carbonyl (C=O) groups is 1. The third kappa shape index (κ3) is 6.47. The number of rotatable bonds is 10. The Bertz CT molecular complexity index is 642. The molecule has 2 aromatic rings. The van der Waals surface area contributed by atoms with Crippen LogP contribution in [0.25, 0.3) is 0 Å². The van der Waals surface area contributed by atoms with Crippen LogP contribution in [0.5, 0.6) is 5.75 Å². The summed E-state index contributed by atoms with van der Waals surface area (Å²) in [5.41, 5.74) is 2.11. The summed E-state index contributed by atoms with van der Waals surface area (Å²) in [6, 6.07) is 17.3. The summed E-state index contributed by atoms with van der Waals surface area (Å²) in [6.45, 7) is 5.58. The standard InChI is InChI=1S/C20H26N2O3/c1-15(2)19(20(23)24)22-13-12-21-17-8-10-18(11-9-17)25-14-16-6-4-3-5-7-16/h3-11,15,19,21-22H,12-14H2,1-2H3,(H,23,24). The summed E-state index contributed by atoms with van der Waals surface area (Å²) in [5, 5.41) is 15.4. The molecule has 1 unspecified atom stereocenters. The molecule has 0 saturated heterocycles. The number of carboxylic acids is 1. The van der Waals surface area contributed by atoms with Gasteiger partial charge in [-0.2, -0.15) is 0 Å². The molecule has 0 saturated carbocycles. The fourth-order valence-corrected chi connectivity index (χ4v) is 2.45. The Hall–Kier alpha value is -2.53. The van der Waals surface area contributed by atoms with Crippen LogP contribution in [0.15, 0.2) is 54.6 Å². The maximum atomic E-state index is 11.1. The van der Waals surface area contributed by atoms with E-state index in [0.29, 0.717) is 19.7 Å². The van der Waals surface area contributed by atoms with Crippen LogP contribution in [0.3, 0.4) is 0 Å². The second-order valence-electron chi connectivity index (χ2n) is 6.24. The van der Waals surface area contributed by atoms with E-state index in [2.05, 4.69) is 10.6 Å². The smallest absolute Gasteiger partial charge is 0.320 e. The van der Waals surface area contributed by atoms with Crippen molar-refractivity contribution in [1.29, 1.82) is 0 Å². The fraction of sp³-hybridized carbons (Fsp3) is 0.350. The van der Waals surface area contributed by atoms with Crippen molar-refractivity contribution < 1.29 is 14.6 Å². The van der Waals surface area contributed by atoms with E-state index >= 15 is 0 Å². The molecule has 25 heavy (non-hydrogen) atoms. The van der Waals surface area contributed by atoms with E-state index < -0.39 is 12.0 Å². The zero-order valence-corrected chi connectivity index (χ0v) is 14.7. The molecule has 0 aromatic heterocycles. The molecule has 0 aliphatic carbocycles. The zero-order valence-electron chi connectivity index (χ0n) is 14.7. The van der Waals surface area contributed by atoms with Gasteiger partial charge in [0, 0.05) is 18.8 Å². The van der Waals surface area contributed by atoms with E-state index in [9.17, 15) is 4.79 Å². The second-order valence-corrected chi connectivity index (χ2v) is 6.24. The lowest BCUT2D eigenvalue weighted by atomic mass is 10.1. The number of hydrogen-bond acceptors (Lipinski definition) is 4. The van der Waals surface area contributed by atoms with E-state index in [1.807, 2.05) is 68.4 Å². The first-order valence-electron chi connectivity index (χ1n) is 8.53. The highest BCUT2D eigenvalue weighted by molar-refractivity contribution is 5.73. The Morgan fingerprint density at radius 3 is 2.32 bits per heavy atom. The van der Waals surface area contributed by atoms with Crippen LogP contribution in [0.4, 0.5) is 5.69 Å². The summed E-state index contributed by atoms with van der Waals surface area (Å²) >= 11 is 0. The molecule has 1 atom stereocenters. The first-order valence-corrected chi connectivity index (χ1v) is 8.53. The van der Waals surface area contributed by atoms with Gasteiger partial charge in [-0.15, -0.1) is 0 Å². The van der Waals surface area contributed by atoms with Gasteiger partial charge in [0.05, 0.1) is 0 Å². The van der Waals surface area contributed by atoms with Gasteiger partial charge in [-0.25, -0.2) is 0 Å². The number of hydrogen-bond donors (Lipinski definition) is 3. The zero-order chi connectivity index (χ0) is 18.1. The Morgan fingerprint density at radius 1 is 1.04 bits per heavy atom. The van der Waals surface area contributed by atoms with Crippen LogP contribution >= 0.6 is 0 Å². The average molecular weight is 342 g/mol. The molecule has 5 nitrogen and oxygen atoms in total. The molecular formula is C20H26N2O3. The van der Waals surface area contributed by atoms with Gasteiger partial charge in [0.1, 0.15) is 18.4 Å². The third-order valence-corrected chi connectivity index (χ3v) is 3.85. The van der Waals surface area contributed by atoms with E-state index in [-0.39, 0.29) is 5.92 Å². The van der Waals surface area contributed by atoms with Crippen LogP contribution in [0.2, 0.25) is 0 Å². The van der Waals surface area contributed by atoms with Gasteiger partial charge in [-0.3, -0.25) is 4.79 Å². The average Bonchev–Trinajstić information content (AvgIpc) is 2.61. The van der Waals surface area contributed by atoms with Crippen LogP contribution in [-0.4, -0.2) is 30.2 Å². The Kier molecular flexibility index (Phi) is 7.29. The molecule has 134 valence electrons. The maximum absolute atomic E-state index is 11.1. The third-order valence-electron chi connectivity index (χ3n) is 3.85. The molecule has 0 aliphatic heterocycles. The predicted molar refractivity (Wildman–Crippen MR) is 100.0 cm³/mol. The molecule has 0 fully saturated rings. The highest BCUT2D eigenvalue weighted by Crippen LogP contribution is 2.16. The minimum atomic E-state index is -0.810. The van der Waals surface area contributed by atoms with Gasteiger partial charge < -0.3 is 20.5 Å². The molecule has 3 N–H and O–H groups in total. The van der Waals surface area contributed by atoms with Gasteiger partial charge in [-0.05, 0) is 35.7 Å². The number of nitrogens with one attached hydrogen (secondary N) is 2. The van der Waals surface area contributed by atoms with Gasteiger partial charge in [0.25, 0.3) is 0 Å². The number of carboxylic acid groups (broad SMARTS) is 1. The minimum Gasteiger partial charge on any atom is -0.489 e. The summed E-state index contributed by atoms with van der Waals surface area (Å²) in [5.74, 6) is 0.0618. The van der Waals surface area contributed by atoms with E-state index in [0.717, 1.165) is 17.0 Å². The molecule has 0 heterocycles.